The molecule has 0 saturated carbocycles. The lowest BCUT2D eigenvalue weighted by atomic mass is 9.80. The van der Waals surface area contributed by atoms with Crippen molar-refractivity contribution < 1.29 is 0 Å². The number of aryl methyl sites for hydroxylation is 2. The third kappa shape index (κ3) is 3.23. The topological polar surface area (TPSA) is 103 Å². The van der Waals surface area contributed by atoms with Gasteiger partial charge in [0.2, 0.25) is 5.96 Å². The van der Waals surface area contributed by atoms with Crippen LogP contribution in [0, 0.1) is 13.8 Å². The Labute approximate surface area is 145 Å². The van der Waals surface area contributed by atoms with Gasteiger partial charge in [-0.3, -0.25) is 0 Å². The number of fused-ring (bicyclic) bond motifs is 1. The van der Waals surface area contributed by atoms with Gasteiger partial charge in [0.15, 0.2) is 0 Å². The summed E-state index contributed by atoms with van der Waals surface area (Å²) >= 11 is 6.42. The van der Waals surface area contributed by atoms with Crippen LogP contribution in [0.4, 0.5) is 0 Å². The van der Waals surface area contributed by atoms with E-state index in [9.17, 15) is 0 Å². The summed E-state index contributed by atoms with van der Waals surface area (Å²) in [5.41, 5.74) is 16.8. The third-order valence-corrected chi connectivity index (χ3v) is 4.50. The lowest BCUT2D eigenvalue weighted by molar-refractivity contribution is 0.665. The number of hydrogen-bond donors (Lipinski definition) is 2. The van der Waals surface area contributed by atoms with Crippen molar-refractivity contribution in [1.82, 2.24) is 10.2 Å². The molecule has 0 saturated heterocycles. The molecule has 1 aromatic carbocycles. The zero-order valence-electron chi connectivity index (χ0n) is 13.6. The first-order chi connectivity index (χ1) is 11.5. The van der Waals surface area contributed by atoms with E-state index in [0.717, 1.165) is 39.5 Å². The van der Waals surface area contributed by atoms with Crippen molar-refractivity contribution in [3.8, 4) is 0 Å². The van der Waals surface area contributed by atoms with Gasteiger partial charge in [0, 0.05) is 10.6 Å². The smallest absolute Gasteiger partial charge is 0.211 e. The number of nitrogens with two attached hydrogens (primary N) is 2. The minimum atomic E-state index is -0.0700. The van der Waals surface area contributed by atoms with Gasteiger partial charge in [0.25, 0.3) is 0 Å². The maximum Gasteiger partial charge on any atom is 0.211 e. The number of nitrogens with zero attached hydrogens (tertiary/aromatic N) is 4. The molecule has 124 valence electrons. The van der Waals surface area contributed by atoms with Crippen molar-refractivity contribution in [3.63, 3.8) is 0 Å². The average molecular weight is 343 g/mol. The Morgan fingerprint density at radius 2 is 2.04 bits per heavy atom. The van der Waals surface area contributed by atoms with Crippen molar-refractivity contribution in [2.24, 2.45) is 21.7 Å². The van der Waals surface area contributed by atoms with Crippen molar-refractivity contribution in [3.05, 3.63) is 57.4 Å². The van der Waals surface area contributed by atoms with Crippen LogP contribution in [0.25, 0.3) is 0 Å². The summed E-state index contributed by atoms with van der Waals surface area (Å²) < 4.78 is 0. The number of aromatic nitrogens is 2. The summed E-state index contributed by atoms with van der Waals surface area (Å²) in [6, 6.07) is 6.04. The van der Waals surface area contributed by atoms with E-state index in [1.807, 2.05) is 19.1 Å². The minimum absolute atomic E-state index is 0.0700. The van der Waals surface area contributed by atoms with Crippen LogP contribution in [0.3, 0.4) is 0 Å². The van der Waals surface area contributed by atoms with Crippen LogP contribution in [0.5, 0.6) is 0 Å². The second kappa shape index (κ2) is 6.57. The highest BCUT2D eigenvalue weighted by atomic mass is 35.5. The van der Waals surface area contributed by atoms with Crippen LogP contribution in [0.2, 0.25) is 5.02 Å². The van der Waals surface area contributed by atoms with E-state index in [4.69, 9.17) is 23.1 Å². The monoisotopic (exact) mass is 342 g/mol. The van der Waals surface area contributed by atoms with Crippen LogP contribution in [0.1, 0.15) is 40.3 Å². The number of halogens is 1. The van der Waals surface area contributed by atoms with Gasteiger partial charge in [-0.05, 0) is 49.8 Å². The van der Waals surface area contributed by atoms with Gasteiger partial charge in [-0.15, -0.1) is 5.10 Å². The van der Waals surface area contributed by atoms with E-state index < -0.39 is 0 Å². The zero-order valence-corrected chi connectivity index (χ0v) is 14.4. The lowest BCUT2D eigenvalue weighted by Crippen LogP contribution is -2.24. The van der Waals surface area contributed by atoms with Crippen molar-refractivity contribution in [1.29, 1.82) is 0 Å². The molecule has 1 atom stereocenters. The second-order valence-corrected chi connectivity index (χ2v) is 6.46. The van der Waals surface area contributed by atoms with Gasteiger partial charge in [-0.25, -0.2) is 0 Å². The highest BCUT2D eigenvalue weighted by Crippen LogP contribution is 2.36. The molecule has 0 radical (unpaired) electrons. The maximum atomic E-state index is 6.42. The lowest BCUT2D eigenvalue weighted by Gasteiger charge is -2.26. The summed E-state index contributed by atoms with van der Waals surface area (Å²) in [4.78, 5) is 0. The number of benzene rings is 1. The van der Waals surface area contributed by atoms with Crippen LogP contribution >= 0.6 is 11.6 Å². The van der Waals surface area contributed by atoms with Gasteiger partial charge in [-0.1, -0.05) is 29.3 Å². The number of rotatable bonds is 2. The molecule has 1 aromatic heterocycles. The molecule has 1 unspecified atom stereocenters. The summed E-state index contributed by atoms with van der Waals surface area (Å²) in [5, 5.41) is 17.2. The fraction of sp³-hybridized carbons (Fsp3) is 0.294. The highest BCUT2D eigenvalue weighted by molar-refractivity contribution is 6.31. The average Bonchev–Trinajstić information content (AvgIpc) is 2.54. The fourth-order valence-electron chi connectivity index (χ4n) is 3.11. The Kier molecular flexibility index (Phi) is 4.49. The predicted octanol–water partition coefficient (Wildman–Crippen LogP) is 2.45. The standard InChI is InChI=1S/C17H19ClN6/c1-9-3-4-13(18)12(5-9)11-6-14-16(10(2)8-21-22-14)15(7-11)23-24-17(19)20/h3-5,8,11H,6-7H2,1-2H3,(H4,19,20,24)/b23-15+. The Morgan fingerprint density at radius 1 is 1.25 bits per heavy atom. The summed E-state index contributed by atoms with van der Waals surface area (Å²) in [5.74, 6) is 0.0911. The van der Waals surface area contributed by atoms with Crippen molar-refractivity contribution in [2.45, 2.75) is 32.6 Å². The molecule has 0 spiro atoms. The normalized spacial score (nSPS) is 18.3. The second-order valence-electron chi connectivity index (χ2n) is 6.05. The molecule has 2 aromatic rings. The zero-order chi connectivity index (χ0) is 17.3. The van der Waals surface area contributed by atoms with Gasteiger partial charge in [0.1, 0.15) is 0 Å². The van der Waals surface area contributed by atoms with E-state index in [-0.39, 0.29) is 11.9 Å². The summed E-state index contributed by atoms with van der Waals surface area (Å²) in [7, 11) is 0. The molecule has 3 rings (SSSR count). The van der Waals surface area contributed by atoms with Gasteiger partial charge < -0.3 is 11.5 Å². The van der Waals surface area contributed by atoms with Crippen molar-refractivity contribution in [2.75, 3.05) is 0 Å². The highest BCUT2D eigenvalue weighted by Gasteiger charge is 2.29. The molecule has 24 heavy (non-hydrogen) atoms. The molecule has 0 fully saturated rings. The molecule has 1 aliphatic carbocycles. The summed E-state index contributed by atoms with van der Waals surface area (Å²) in [6.07, 6.45) is 3.18. The molecule has 6 nitrogen and oxygen atoms in total. The minimum Gasteiger partial charge on any atom is -0.369 e. The maximum absolute atomic E-state index is 6.42. The molecular weight excluding hydrogens is 324 g/mol. The predicted molar refractivity (Wildman–Crippen MR) is 96.4 cm³/mol. The molecule has 0 bridgehead atoms. The van der Waals surface area contributed by atoms with Crippen LogP contribution < -0.4 is 11.5 Å². The number of hydrogen-bond acceptors (Lipinski definition) is 4. The Hall–Kier alpha value is -2.47. The molecule has 1 heterocycles. The van der Waals surface area contributed by atoms with E-state index in [1.165, 1.54) is 5.56 Å². The third-order valence-electron chi connectivity index (χ3n) is 4.16. The quantitative estimate of drug-likeness (QED) is 0.497. The summed E-state index contributed by atoms with van der Waals surface area (Å²) in [6.45, 7) is 4.04. The molecular formula is C17H19ClN6. The van der Waals surface area contributed by atoms with E-state index in [0.29, 0.717) is 6.42 Å². The first-order valence-electron chi connectivity index (χ1n) is 7.68. The Bertz CT molecular complexity index is 839. The Morgan fingerprint density at radius 3 is 2.79 bits per heavy atom. The molecule has 7 heteroatoms. The molecule has 0 amide bonds. The van der Waals surface area contributed by atoms with Gasteiger partial charge in [0.05, 0.1) is 17.6 Å². The largest absolute Gasteiger partial charge is 0.369 e. The SMILES string of the molecule is Cc1ccc(Cl)c(C2C/C(=N\N=C(N)N)c3c(C)cnnc3C2)c1. The van der Waals surface area contributed by atoms with Gasteiger partial charge >= 0.3 is 0 Å². The number of guanidine groups is 1. The first kappa shape index (κ1) is 16.4. The van der Waals surface area contributed by atoms with Crippen LogP contribution in [-0.2, 0) is 6.42 Å². The fourth-order valence-corrected chi connectivity index (χ4v) is 3.38. The van der Waals surface area contributed by atoms with E-state index >= 15 is 0 Å². The molecule has 1 aliphatic rings. The van der Waals surface area contributed by atoms with Crippen molar-refractivity contribution >= 4 is 23.3 Å². The Balaban J connectivity index is 2.10. The van der Waals surface area contributed by atoms with Gasteiger partial charge in [-0.2, -0.15) is 15.3 Å². The van der Waals surface area contributed by atoms with E-state index in [2.05, 4.69) is 33.4 Å². The van der Waals surface area contributed by atoms with Crippen LogP contribution in [0.15, 0.2) is 34.6 Å². The molecule has 4 N–H and O–H groups in total. The first-order valence-corrected chi connectivity index (χ1v) is 8.06. The molecule has 0 aliphatic heterocycles. The van der Waals surface area contributed by atoms with E-state index in [1.54, 1.807) is 6.20 Å². The van der Waals surface area contributed by atoms with Crippen LogP contribution in [-0.4, -0.2) is 21.9 Å².